The van der Waals surface area contributed by atoms with Crippen LogP contribution in [0.2, 0.25) is 0 Å². The number of hydrogen-bond donors (Lipinski definition) is 2. The van der Waals surface area contributed by atoms with Gasteiger partial charge in [-0.2, -0.15) is 4.98 Å². The molecule has 5 nitrogen and oxygen atoms in total. The minimum atomic E-state index is 0.490. The summed E-state index contributed by atoms with van der Waals surface area (Å²) in [7, 11) is 1.62. The maximum atomic E-state index is 5.44. The van der Waals surface area contributed by atoms with Crippen LogP contribution in [0.4, 0.5) is 6.01 Å². The molecule has 0 aliphatic rings. The molecule has 0 aliphatic carbocycles. The lowest BCUT2D eigenvalue weighted by molar-refractivity contribution is 0.415. The minimum Gasteiger partial charge on any atom is -0.497 e. The highest BCUT2D eigenvalue weighted by molar-refractivity contribution is 5.76. The number of nitrogens with one attached hydrogen (secondary N) is 1. The van der Waals surface area contributed by atoms with E-state index in [-0.39, 0.29) is 0 Å². The summed E-state index contributed by atoms with van der Waals surface area (Å²) in [6, 6.07) is 5.98. The standard InChI is InChI=1S/C10H13N3O2/c1-14-7-2-3-9-8(6-7)13-10(15-9)12-5-4-11/h2-3,6H,4-5,11H2,1H3,(H,12,13). The van der Waals surface area contributed by atoms with Gasteiger partial charge < -0.3 is 20.2 Å². The zero-order valence-electron chi connectivity index (χ0n) is 8.49. The summed E-state index contributed by atoms with van der Waals surface area (Å²) in [4.78, 5) is 4.25. The van der Waals surface area contributed by atoms with Crippen LogP contribution in [-0.2, 0) is 0 Å². The van der Waals surface area contributed by atoms with Crippen LogP contribution in [0.3, 0.4) is 0 Å². The first kappa shape index (κ1) is 9.79. The number of nitrogens with zero attached hydrogens (tertiary/aromatic N) is 1. The number of hydrogen-bond acceptors (Lipinski definition) is 5. The first-order valence-corrected chi connectivity index (χ1v) is 4.72. The van der Waals surface area contributed by atoms with Crippen LogP contribution in [0, 0.1) is 0 Å². The lowest BCUT2D eigenvalue weighted by Gasteiger charge is -1.95. The van der Waals surface area contributed by atoms with Gasteiger partial charge in [0, 0.05) is 19.2 Å². The van der Waals surface area contributed by atoms with Gasteiger partial charge in [0.2, 0.25) is 0 Å². The largest absolute Gasteiger partial charge is 0.497 e. The predicted octanol–water partition coefficient (Wildman–Crippen LogP) is 1.21. The Hall–Kier alpha value is -1.75. The van der Waals surface area contributed by atoms with Crippen LogP contribution >= 0.6 is 0 Å². The Morgan fingerprint density at radius 2 is 2.40 bits per heavy atom. The molecule has 3 N–H and O–H groups in total. The third kappa shape index (κ3) is 2.02. The van der Waals surface area contributed by atoms with Crippen LogP contribution in [0.5, 0.6) is 5.75 Å². The zero-order chi connectivity index (χ0) is 10.7. The van der Waals surface area contributed by atoms with Crippen molar-refractivity contribution in [3.8, 4) is 5.75 Å². The molecule has 5 heteroatoms. The molecule has 2 rings (SSSR count). The van der Waals surface area contributed by atoms with Gasteiger partial charge >= 0.3 is 0 Å². The predicted molar refractivity (Wildman–Crippen MR) is 58.1 cm³/mol. The van der Waals surface area contributed by atoms with Crippen molar-refractivity contribution in [3.63, 3.8) is 0 Å². The maximum Gasteiger partial charge on any atom is 0.295 e. The summed E-state index contributed by atoms with van der Waals surface area (Å²) in [5.74, 6) is 0.765. The SMILES string of the molecule is COc1ccc2oc(NCCN)nc2c1. The summed E-state index contributed by atoms with van der Waals surface area (Å²) in [5, 5.41) is 2.98. The summed E-state index contributed by atoms with van der Waals surface area (Å²) in [6.45, 7) is 1.19. The number of rotatable bonds is 4. The van der Waals surface area contributed by atoms with E-state index in [0.717, 1.165) is 16.8 Å². The Labute approximate surface area is 87.2 Å². The van der Waals surface area contributed by atoms with E-state index in [9.17, 15) is 0 Å². The summed E-state index contributed by atoms with van der Waals surface area (Å²) in [6.07, 6.45) is 0. The van der Waals surface area contributed by atoms with E-state index < -0.39 is 0 Å². The molecule has 0 bridgehead atoms. The zero-order valence-corrected chi connectivity index (χ0v) is 8.49. The number of methoxy groups -OCH3 is 1. The van der Waals surface area contributed by atoms with Gasteiger partial charge in [-0.15, -0.1) is 0 Å². The second-order valence-corrected chi connectivity index (χ2v) is 3.07. The molecule has 2 aromatic rings. The highest BCUT2D eigenvalue weighted by atomic mass is 16.5. The van der Waals surface area contributed by atoms with Crippen LogP contribution in [0.25, 0.3) is 11.1 Å². The summed E-state index contributed by atoms with van der Waals surface area (Å²) >= 11 is 0. The molecule has 0 aliphatic heterocycles. The number of fused-ring (bicyclic) bond motifs is 1. The molecule has 15 heavy (non-hydrogen) atoms. The Morgan fingerprint density at radius 3 is 3.13 bits per heavy atom. The van der Waals surface area contributed by atoms with E-state index in [1.165, 1.54) is 0 Å². The van der Waals surface area contributed by atoms with E-state index in [2.05, 4.69) is 10.3 Å². The normalized spacial score (nSPS) is 10.5. The lowest BCUT2D eigenvalue weighted by Crippen LogP contribution is -2.13. The smallest absolute Gasteiger partial charge is 0.295 e. The highest BCUT2D eigenvalue weighted by Gasteiger charge is 2.05. The van der Waals surface area contributed by atoms with Crippen LogP contribution in [0.15, 0.2) is 22.6 Å². The quantitative estimate of drug-likeness (QED) is 0.788. The second-order valence-electron chi connectivity index (χ2n) is 3.07. The molecule has 0 radical (unpaired) electrons. The Balaban J connectivity index is 2.29. The average molecular weight is 207 g/mol. The van der Waals surface area contributed by atoms with Crippen LogP contribution < -0.4 is 15.8 Å². The molecule has 0 amide bonds. The van der Waals surface area contributed by atoms with E-state index in [4.69, 9.17) is 14.9 Å². The molecule has 1 heterocycles. The second kappa shape index (κ2) is 4.18. The molecule has 1 aromatic carbocycles. The minimum absolute atomic E-state index is 0.490. The molecule has 80 valence electrons. The molecule has 0 fully saturated rings. The van der Waals surface area contributed by atoms with Gasteiger partial charge in [0.1, 0.15) is 11.3 Å². The van der Waals surface area contributed by atoms with Crippen molar-refractivity contribution in [3.05, 3.63) is 18.2 Å². The fourth-order valence-electron chi connectivity index (χ4n) is 1.29. The van der Waals surface area contributed by atoms with Crippen molar-refractivity contribution in [2.75, 3.05) is 25.5 Å². The fourth-order valence-corrected chi connectivity index (χ4v) is 1.29. The number of benzene rings is 1. The number of nitrogens with two attached hydrogens (primary N) is 1. The van der Waals surface area contributed by atoms with Gasteiger partial charge in [0.25, 0.3) is 6.01 Å². The lowest BCUT2D eigenvalue weighted by atomic mass is 10.3. The molecule has 0 atom stereocenters. The van der Waals surface area contributed by atoms with Crippen molar-refractivity contribution in [2.45, 2.75) is 0 Å². The Morgan fingerprint density at radius 1 is 1.53 bits per heavy atom. The van der Waals surface area contributed by atoms with Crippen molar-refractivity contribution in [2.24, 2.45) is 5.73 Å². The van der Waals surface area contributed by atoms with Crippen LogP contribution in [-0.4, -0.2) is 25.2 Å². The molecule has 1 aromatic heterocycles. The Bertz CT molecular complexity index is 453. The molecule has 0 saturated carbocycles. The first-order chi connectivity index (χ1) is 7.33. The summed E-state index contributed by atoms with van der Waals surface area (Å²) < 4.78 is 10.5. The van der Waals surface area contributed by atoms with Gasteiger partial charge in [-0.3, -0.25) is 0 Å². The van der Waals surface area contributed by atoms with Gasteiger partial charge in [-0.05, 0) is 12.1 Å². The molecule has 0 unspecified atom stereocenters. The van der Waals surface area contributed by atoms with Crippen molar-refractivity contribution >= 4 is 17.1 Å². The fraction of sp³-hybridized carbons (Fsp3) is 0.300. The molecular formula is C10H13N3O2. The highest BCUT2D eigenvalue weighted by Crippen LogP contribution is 2.23. The van der Waals surface area contributed by atoms with Crippen molar-refractivity contribution in [1.29, 1.82) is 0 Å². The monoisotopic (exact) mass is 207 g/mol. The number of anilines is 1. The Kier molecular flexibility index (Phi) is 2.73. The third-order valence-electron chi connectivity index (χ3n) is 2.02. The number of oxazole rings is 1. The number of ether oxygens (including phenoxy) is 1. The number of aromatic nitrogens is 1. The van der Waals surface area contributed by atoms with E-state index in [1.807, 2.05) is 18.2 Å². The van der Waals surface area contributed by atoms with Crippen molar-refractivity contribution in [1.82, 2.24) is 4.98 Å². The molecule has 0 saturated heterocycles. The molecular weight excluding hydrogens is 194 g/mol. The van der Waals surface area contributed by atoms with Gasteiger partial charge in [-0.25, -0.2) is 0 Å². The van der Waals surface area contributed by atoms with Crippen LogP contribution in [0.1, 0.15) is 0 Å². The van der Waals surface area contributed by atoms with Gasteiger partial charge in [0.05, 0.1) is 7.11 Å². The average Bonchev–Trinajstić information content (AvgIpc) is 2.67. The van der Waals surface area contributed by atoms with Gasteiger partial charge in [-0.1, -0.05) is 0 Å². The first-order valence-electron chi connectivity index (χ1n) is 4.72. The van der Waals surface area contributed by atoms with E-state index >= 15 is 0 Å². The van der Waals surface area contributed by atoms with E-state index in [1.54, 1.807) is 7.11 Å². The third-order valence-corrected chi connectivity index (χ3v) is 2.02. The maximum absolute atomic E-state index is 5.44. The van der Waals surface area contributed by atoms with Crippen molar-refractivity contribution < 1.29 is 9.15 Å². The van der Waals surface area contributed by atoms with E-state index in [0.29, 0.717) is 19.1 Å². The molecule has 0 spiro atoms. The summed E-state index contributed by atoms with van der Waals surface area (Å²) in [5.41, 5.74) is 6.87. The topological polar surface area (TPSA) is 73.3 Å². The van der Waals surface area contributed by atoms with Gasteiger partial charge in [0.15, 0.2) is 5.58 Å².